The van der Waals surface area contributed by atoms with Crippen LogP contribution in [0.15, 0.2) is 0 Å². The van der Waals surface area contributed by atoms with Crippen molar-refractivity contribution in [3.63, 3.8) is 0 Å². The minimum absolute atomic E-state index is 0.416. The Labute approximate surface area is 135 Å². The first kappa shape index (κ1) is 16.3. The molecule has 3 saturated heterocycles. The topological polar surface area (TPSA) is 35.6 Å². The Hall–Kier alpha value is -0.610. The quantitative estimate of drug-likeness (QED) is 0.845. The average Bonchev–Trinajstić information content (AvgIpc) is 3.20. The molecule has 3 heterocycles. The van der Waals surface area contributed by atoms with Gasteiger partial charge in [0, 0.05) is 25.6 Å². The average molecular weight is 307 g/mol. The first-order valence-electron chi connectivity index (χ1n) is 9.46. The normalized spacial score (nSPS) is 31.6. The second kappa shape index (κ2) is 7.78. The molecule has 4 heteroatoms. The molecule has 126 valence electrons. The van der Waals surface area contributed by atoms with Crippen molar-refractivity contribution in [3.05, 3.63) is 0 Å². The molecule has 3 aliphatic rings. The van der Waals surface area contributed by atoms with E-state index in [9.17, 15) is 4.79 Å². The standard InChI is InChI=1S/C18H33N3O/c1-15(16-6-4-8-19-13-16)12-18(22)21-11-5-7-17(21)14-20-9-2-3-10-20/h15-17,19H,2-14H2,1H3. The molecule has 0 bridgehead atoms. The lowest BCUT2D eigenvalue weighted by Gasteiger charge is -2.32. The fourth-order valence-corrected chi connectivity index (χ4v) is 4.54. The summed E-state index contributed by atoms with van der Waals surface area (Å²) in [7, 11) is 0. The number of nitrogens with one attached hydrogen (secondary N) is 1. The maximum atomic E-state index is 12.8. The molecule has 0 spiro atoms. The van der Waals surface area contributed by atoms with Crippen molar-refractivity contribution < 1.29 is 4.79 Å². The van der Waals surface area contributed by atoms with E-state index in [1.807, 2.05) is 0 Å². The number of nitrogens with zero attached hydrogens (tertiary/aromatic N) is 2. The van der Waals surface area contributed by atoms with E-state index in [1.165, 1.54) is 51.6 Å². The highest BCUT2D eigenvalue weighted by Crippen LogP contribution is 2.26. The van der Waals surface area contributed by atoms with Gasteiger partial charge in [0.15, 0.2) is 0 Å². The molecular formula is C18H33N3O. The molecule has 0 radical (unpaired) electrons. The van der Waals surface area contributed by atoms with Crippen LogP contribution in [-0.2, 0) is 4.79 Å². The lowest BCUT2D eigenvalue weighted by Crippen LogP contribution is -2.43. The van der Waals surface area contributed by atoms with Gasteiger partial charge in [-0.25, -0.2) is 0 Å². The summed E-state index contributed by atoms with van der Waals surface area (Å²) >= 11 is 0. The van der Waals surface area contributed by atoms with Crippen molar-refractivity contribution in [1.82, 2.24) is 15.1 Å². The second-order valence-corrected chi connectivity index (χ2v) is 7.68. The summed E-state index contributed by atoms with van der Waals surface area (Å²) in [6, 6.07) is 0.488. The highest BCUT2D eigenvalue weighted by Gasteiger charge is 2.32. The Morgan fingerprint density at radius 1 is 1.14 bits per heavy atom. The van der Waals surface area contributed by atoms with E-state index in [0.717, 1.165) is 32.6 Å². The minimum atomic E-state index is 0.416. The Balaban J connectivity index is 1.49. The third-order valence-electron chi connectivity index (χ3n) is 6.00. The highest BCUT2D eigenvalue weighted by molar-refractivity contribution is 5.77. The molecule has 3 atom stereocenters. The van der Waals surface area contributed by atoms with E-state index < -0.39 is 0 Å². The van der Waals surface area contributed by atoms with Gasteiger partial charge < -0.3 is 15.1 Å². The van der Waals surface area contributed by atoms with E-state index in [1.54, 1.807) is 0 Å². The monoisotopic (exact) mass is 307 g/mol. The van der Waals surface area contributed by atoms with Gasteiger partial charge in [0.1, 0.15) is 0 Å². The van der Waals surface area contributed by atoms with Crippen LogP contribution >= 0.6 is 0 Å². The Bertz CT molecular complexity index is 361. The number of likely N-dealkylation sites (tertiary alicyclic amines) is 2. The van der Waals surface area contributed by atoms with Crippen LogP contribution in [0.25, 0.3) is 0 Å². The molecule has 0 aliphatic carbocycles. The van der Waals surface area contributed by atoms with Gasteiger partial charge in [-0.3, -0.25) is 4.79 Å². The molecule has 0 aromatic heterocycles. The molecule has 4 nitrogen and oxygen atoms in total. The molecule has 3 rings (SSSR count). The van der Waals surface area contributed by atoms with Crippen LogP contribution in [0.2, 0.25) is 0 Å². The van der Waals surface area contributed by atoms with Gasteiger partial charge in [0.2, 0.25) is 5.91 Å². The van der Waals surface area contributed by atoms with Crippen molar-refractivity contribution in [2.24, 2.45) is 11.8 Å². The molecular weight excluding hydrogens is 274 g/mol. The summed E-state index contributed by atoms with van der Waals surface area (Å²) in [5, 5.41) is 3.48. The van der Waals surface area contributed by atoms with Crippen molar-refractivity contribution in [2.75, 3.05) is 39.3 Å². The number of carbonyl (C=O) groups is 1. The van der Waals surface area contributed by atoms with Gasteiger partial charge in [0.05, 0.1) is 0 Å². The summed E-state index contributed by atoms with van der Waals surface area (Å²) in [5.41, 5.74) is 0. The van der Waals surface area contributed by atoms with Crippen LogP contribution in [0.1, 0.15) is 51.9 Å². The number of hydrogen-bond donors (Lipinski definition) is 1. The first-order chi connectivity index (χ1) is 10.7. The number of amides is 1. The molecule has 3 unspecified atom stereocenters. The van der Waals surface area contributed by atoms with Crippen LogP contribution in [0.4, 0.5) is 0 Å². The van der Waals surface area contributed by atoms with Crippen molar-refractivity contribution in [3.8, 4) is 0 Å². The van der Waals surface area contributed by atoms with Gasteiger partial charge in [-0.1, -0.05) is 6.92 Å². The molecule has 1 N–H and O–H groups in total. The Kier molecular flexibility index (Phi) is 5.75. The Morgan fingerprint density at radius 2 is 1.95 bits per heavy atom. The molecule has 3 fully saturated rings. The molecule has 1 amide bonds. The lowest BCUT2D eigenvalue weighted by molar-refractivity contribution is -0.133. The van der Waals surface area contributed by atoms with E-state index >= 15 is 0 Å². The first-order valence-corrected chi connectivity index (χ1v) is 9.46. The van der Waals surface area contributed by atoms with Crippen LogP contribution < -0.4 is 5.32 Å². The maximum absolute atomic E-state index is 12.8. The van der Waals surface area contributed by atoms with Gasteiger partial charge in [-0.15, -0.1) is 0 Å². The van der Waals surface area contributed by atoms with Gasteiger partial charge in [-0.05, 0) is 76.5 Å². The zero-order chi connectivity index (χ0) is 15.4. The predicted molar refractivity (Wildman–Crippen MR) is 89.8 cm³/mol. The number of hydrogen-bond acceptors (Lipinski definition) is 3. The van der Waals surface area contributed by atoms with Crippen molar-refractivity contribution in [2.45, 2.75) is 57.9 Å². The third-order valence-corrected chi connectivity index (χ3v) is 6.00. The number of piperidine rings is 1. The Morgan fingerprint density at radius 3 is 2.68 bits per heavy atom. The zero-order valence-corrected chi connectivity index (χ0v) is 14.2. The maximum Gasteiger partial charge on any atom is 0.223 e. The molecule has 0 saturated carbocycles. The summed E-state index contributed by atoms with van der Waals surface area (Å²) in [6.07, 6.45) is 8.40. The van der Waals surface area contributed by atoms with E-state index in [0.29, 0.717) is 23.8 Å². The smallest absolute Gasteiger partial charge is 0.223 e. The van der Waals surface area contributed by atoms with Crippen LogP contribution in [0, 0.1) is 11.8 Å². The predicted octanol–water partition coefficient (Wildman–Crippen LogP) is 2.10. The van der Waals surface area contributed by atoms with E-state index in [2.05, 4.69) is 22.0 Å². The lowest BCUT2D eigenvalue weighted by atomic mass is 9.85. The van der Waals surface area contributed by atoms with Crippen LogP contribution in [0.5, 0.6) is 0 Å². The van der Waals surface area contributed by atoms with E-state index in [4.69, 9.17) is 0 Å². The van der Waals surface area contributed by atoms with Crippen LogP contribution in [0.3, 0.4) is 0 Å². The summed E-state index contributed by atoms with van der Waals surface area (Å²) in [5.74, 6) is 1.63. The summed E-state index contributed by atoms with van der Waals surface area (Å²) < 4.78 is 0. The van der Waals surface area contributed by atoms with Gasteiger partial charge >= 0.3 is 0 Å². The zero-order valence-electron chi connectivity index (χ0n) is 14.2. The fraction of sp³-hybridized carbons (Fsp3) is 0.944. The van der Waals surface area contributed by atoms with E-state index in [-0.39, 0.29) is 0 Å². The molecule has 0 aromatic rings. The third kappa shape index (κ3) is 4.02. The van der Waals surface area contributed by atoms with Gasteiger partial charge in [0.25, 0.3) is 0 Å². The highest BCUT2D eigenvalue weighted by atomic mass is 16.2. The van der Waals surface area contributed by atoms with Gasteiger partial charge in [-0.2, -0.15) is 0 Å². The van der Waals surface area contributed by atoms with Crippen molar-refractivity contribution >= 4 is 5.91 Å². The molecule has 3 aliphatic heterocycles. The fourth-order valence-electron chi connectivity index (χ4n) is 4.54. The molecule has 0 aromatic carbocycles. The molecule has 22 heavy (non-hydrogen) atoms. The minimum Gasteiger partial charge on any atom is -0.338 e. The van der Waals surface area contributed by atoms with Crippen molar-refractivity contribution in [1.29, 1.82) is 0 Å². The second-order valence-electron chi connectivity index (χ2n) is 7.68. The SMILES string of the molecule is CC(CC(=O)N1CCCC1CN1CCCC1)C1CCCNC1. The summed E-state index contributed by atoms with van der Waals surface area (Å²) in [6.45, 7) is 9.12. The number of rotatable bonds is 5. The summed E-state index contributed by atoms with van der Waals surface area (Å²) in [4.78, 5) is 17.5. The van der Waals surface area contributed by atoms with Crippen LogP contribution in [-0.4, -0.2) is 61.0 Å². The number of carbonyl (C=O) groups excluding carboxylic acids is 1. The largest absolute Gasteiger partial charge is 0.338 e.